The van der Waals surface area contributed by atoms with E-state index in [-0.39, 0.29) is 24.7 Å². The minimum Gasteiger partial charge on any atom is -0.467 e. The SMILES string of the molecule is COCOc1cc(C(F)(F)F)ccc1-c1nccn2c(N[C@@H]3CCCN(C(=O)OC(C)(C)C)C3)nnc12. The van der Waals surface area contributed by atoms with Crippen molar-refractivity contribution in [2.45, 2.75) is 51.4 Å². The molecule has 3 heterocycles. The van der Waals surface area contributed by atoms with E-state index in [0.29, 0.717) is 35.9 Å². The number of amides is 1. The number of benzene rings is 1. The van der Waals surface area contributed by atoms with Gasteiger partial charge in [0.2, 0.25) is 5.95 Å². The zero-order valence-electron chi connectivity index (χ0n) is 21.0. The smallest absolute Gasteiger partial charge is 0.416 e. The number of piperidine rings is 1. The number of nitrogens with one attached hydrogen (secondary N) is 1. The second kappa shape index (κ2) is 10.4. The van der Waals surface area contributed by atoms with Crippen molar-refractivity contribution in [2.75, 3.05) is 32.3 Å². The molecule has 13 heteroatoms. The number of nitrogens with zero attached hydrogens (tertiary/aromatic N) is 5. The predicted octanol–water partition coefficient (Wildman–Crippen LogP) is 4.60. The molecule has 0 aliphatic carbocycles. The fourth-order valence-electron chi connectivity index (χ4n) is 4.02. The first-order chi connectivity index (χ1) is 17.5. The average Bonchev–Trinajstić information content (AvgIpc) is 3.24. The zero-order valence-corrected chi connectivity index (χ0v) is 21.0. The molecule has 200 valence electrons. The third-order valence-electron chi connectivity index (χ3n) is 5.63. The quantitative estimate of drug-likeness (QED) is 0.469. The molecule has 1 atom stereocenters. The maximum absolute atomic E-state index is 13.3. The van der Waals surface area contributed by atoms with Crippen LogP contribution < -0.4 is 10.1 Å². The predicted molar refractivity (Wildman–Crippen MR) is 128 cm³/mol. The van der Waals surface area contributed by atoms with Crippen LogP contribution in [0.1, 0.15) is 39.2 Å². The molecule has 37 heavy (non-hydrogen) atoms. The van der Waals surface area contributed by atoms with Gasteiger partial charge in [-0.05, 0) is 51.8 Å². The van der Waals surface area contributed by atoms with Gasteiger partial charge in [-0.2, -0.15) is 13.2 Å². The molecule has 1 N–H and O–H groups in total. The summed E-state index contributed by atoms with van der Waals surface area (Å²) in [5, 5.41) is 11.8. The van der Waals surface area contributed by atoms with Gasteiger partial charge in [-0.3, -0.25) is 9.38 Å². The van der Waals surface area contributed by atoms with Crippen molar-refractivity contribution in [1.29, 1.82) is 0 Å². The number of hydrogen-bond donors (Lipinski definition) is 1. The van der Waals surface area contributed by atoms with E-state index in [0.717, 1.165) is 25.0 Å². The van der Waals surface area contributed by atoms with Crippen LogP contribution in [0.5, 0.6) is 5.75 Å². The maximum Gasteiger partial charge on any atom is 0.416 e. The molecule has 0 unspecified atom stereocenters. The molecule has 0 spiro atoms. The number of carbonyl (C=O) groups is 1. The molecule has 2 aromatic heterocycles. The number of carbonyl (C=O) groups excluding carboxylic acids is 1. The van der Waals surface area contributed by atoms with E-state index in [1.807, 2.05) is 20.8 Å². The van der Waals surface area contributed by atoms with Gasteiger partial charge < -0.3 is 24.4 Å². The molecule has 3 aromatic rings. The van der Waals surface area contributed by atoms with Crippen LogP contribution in [0.15, 0.2) is 30.6 Å². The monoisotopic (exact) mass is 522 g/mol. The fourth-order valence-corrected chi connectivity index (χ4v) is 4.02. The van der Waals surface area contributed by atoms with Crippen molar-refractivity contribution >= 4 is 17.7 Å². The summed E-state index contributed by atoms with van der Waals surface area (Å²) in [7, 11) is 1.37. The molecule has 0 saturated carbocycles. The van der Waals surface area contributed by atoms with Crippen LogP contribution in [0.2, 0.25) is 0 Å². The largest absolute Gasteiger partial charge is 0.467 e. The van der Waals surface area contributed by atoms with E-state index in [2.05, 4.69) is 20.5 Å². The number of anilines is 1. The topological polar surface area (TPSA) is 103 Å². The van der Waals surface area contributed by atoms with E-state index < -0.39 is 17.3 Å². The molecule has 1 aromatic carbocycles. The Morgan fingerprint density at radius 3 is 2.70 bits per heavy atom. The lowest BCUT2D eigenvalue weighted by atomic mass is 10.1. The summed E-state index contributed by atoms with van der Waals surface area (Å²) in [5.41, 5.74) is -0.518. The Bertz CT molecular complexity index is 1260. The van der Waals surface area contributed by atoms with Crippen LogP contribution in [0, 0.1) is 0 Å². The van der Waals surface area contributed by atoms with Crippen molar-refractivity contribution in [3.05, 3.63) is 36.2 Å². The van der Waals surface area contributed by atoms with Crippen molar-refractivity contribution < 1.29 is 32.2 Å². The van der Waals surface area contributed by atoms with Gasteiger partial charge in [0, 0.05) is 44.2 Å². The summed E-state index contributed by atoms with van der Waals surface area (Å²) in [6, 6.07) is 3.06. The number of hydrogen-bond acceptors (Lipinski definition) is 8. The molecular formula is C24H29F3N6O4. The highest BCUT2D eigenvalue weighted by Crippen LogP contribution is 2.37. The van der Waals surface area contributed by atoms with Crippen molar-refractivity contribution in [3.63, 3.8) is 0 Å². The van der Waals surface area contributed by atoms with Crippen molar-refractivity contribution in [1.82, 2.24) is 24.5 Å². The Morgan fingerprint density at radius 2 is 2.00 bits per heavy atom. The van der Waals surface area contributed by atoms with Gasteiger partial charge in [-0.15, -0.1) is 10.2 Å². The first kappa shape index (κ1) is 26.5. The number of alkyl halides is 3. The van der Waals surface area contributed by atoms with Gasteiger partial charge in [0.15, 0.2) is 12.4 Å². The first-order valence-electron chi connectivity index (χ1n) is 11.7. The standard InChI is InChI=1S/C24H29F3N6O4/c1-23(2,3)37-22(34)32-10-5-6-16(13-32)29-21-31-30-20-19(28-9-11-33(20)21)17-8-7-15(24(25,26)27)12-18(17)36-14-35-4/h7-9,11-12,16H,5-6,10,13-14H2,1-4H3,(H,29,31)/t16-/m1/s1. The molecule has 1 fully saturated rings. The molecule has 1 saturated heterocycles. The second-order valence-electron chi connectivity index (χ2n) is 9.66. The number of fused-ring (bicyclic) bond motifs is 1. The Kier molecular flexibility index (Phi) is 7.44. The fraction of sp³-hybridized carbons (Fsp3) is 0.500. The van der Waals surface area contributed by atoms with E-state index >= 15 is 0 Å². The minimum atomic E-state index is -4.54. The minimum absolute atomic E-state index is 0.0462. The lowest BCUT2D eigenvalue weighted by molar-refractivity contribution is -0.137. The number of rotatable bonds is 6. The number of methoxy groups -OCH3 is 1. The van der Waals surface area contributed by atoms with Gasteiger partial charge in [-0.1, -0.05) is 0 Å². The van der Waals surface area contributed by atoms with Crippen LogP contribution >= 0.6 is 0 Å². The Balaban J connectivity index is 1.60. The van der Waals surface area contributed by atoms with Gasteiger partial charge in [0.1, 0.15) is 17.0 Å². The Morgan fingerprint density at radius 1 is 1.22 bits per heavy atom. The third-order valence-corrected chi connectivity index (χ3v) is 5.63. The summed E-state index contributed by atoms with van der Waals surface area (Å²) in [4.78, 5) is 18.5. The zero-order chi connectivity index (χ0) is 26.8. The number of likely N-dealkylation sites (tertiary alicyclic amines) is 1. The molecule has 1 aliphatic rings. The summed E-state index contributed by atoms with van der Waals surface area (Å²) in [6.45, 7) is 6.24. The van der Waals surface area contributed by atoms with Crippen LogP contribution in [0.25, 0.3) is 16.9 Å². The average molecular weight is 523 g/mol. The molecule has 1 aliphatic heterocycles. The first-order valence-corrected chi connectivity index (χ1v) is 11.7. The summed E-state index contributed by atoms with van der Waals surface area (Å²) >= 11 is 0. The van der Waals surface area contributed by atoms with Crippen LogP contribution in [-0.2, 0) is 15.7 Å². The highest BCUT2D eigenvalue weighted by Gasteiger charge is 2.32. The van der Waals surface area contributed by atoms with Gasteiger partial charge in [0.05, 0.1) is 5.56 Å². The molecule has 0 radical (unpaired) electrons. The summed E-state index contributed by atoms with van der Waals surface area (Å²) in [5.74, 6) is 0.371. The number of ether oxygens (including phenoxy) is 3. The molecule has 4 rings (SSSR count). The maximum atomic E-state index is 13.3. The summed E-state index contributed by atoms with van der Waals surface area (Å²) < 4.78 is 57.4. The molecule has 10 nitrogen and oxygen atoms in total. The highest BCUT2D eigenvalue weighted by molar-refractivity contribution is 5.79. The van der Waals surface area contributed by atoms with E-state index in [1.54, 1.807) is 15.5 Å². The normalized spacial score (nSPS) is 16.6. The Labute approximate surface area is 211 Å². The highest BCUT2D eigenvalue weighted by atomic mass is 19.4. The van der Waals surface area contributed by atoms with Crippen LogP contribution in [-0.4, -0.2) is 69.2 Å². The number of halogens is 3. The molecule has 1 amide bonds. The Hall–Kier alpha value is -3.61. The van der Waals surface area contributed by atoms with Crippen molar-refractivity contribution in [2.24, 2.45) is 0 Å². The molecular weight excluding hydrogens is 493 g/mol. The van der Waals surface area contributed by atoms with Crippen LogP contribution in [0.3, 0.4) is 0 Å². The van der Waals surface area contributed by atoms with Crippen molar-refractivity contribution in [3.8, 4) is 17.0 Å². The van der Waals surface area contributed by atoms with E-state index in [1.165, 1.54) is 19.4 Å². The van der Waals surface area contributed by atoms with E-state index in [9.17, 15) is 18.0 Å². The lowest BCUT2D eigenvalue weighted by Gasteiger charge is -2.34. The van der Waals surface area contributed by atoms with Gasteiger partial charge >= 0.3 is 12.3 Å². The van der Waals surface area contributed by atoms with Gasteiger partial charge in [-0.25, -0.2) is 4.79 Å². The van der Waals surface area contributed by atoms with Gasteiger partial charge in [0.25, 0.3) is 0 Å². The van der Waals surface area contributed by atoms with E-state index in [4.69, 9.17) is 14.2 Å². The third kappa shape index (κ3) is 6.21. The second-order valence-corrected chi connectivity index (χ2v) is 9.66. The number of aromatic nitrogens is 4. The lowest BCUT2D eigenvalue weighted by Crippen LogP contribution is -2.47. The molecule has 0 bridgehead atoms. The van der Waals surface area contributed by atoms with Crippen LogP contribution in [0.4, 0.5) is 23.9 Å². The summed E-state index contributed by atoms with van der Waals surface area (Å²) in [6.07, 6.45) is -0.172.